The van der Waals surface area contributed by atoms with E-state index in [2.05, 4.69) is 16.0 Å². The number of allylic oxidation sites excluding steroid dienone is 3. The van der Waals surface area contributed by atoms with E-state index in [1.54, 1.807) is 0 Å². The Balaban J connectivity index is 1.79. The first-order valence-electron chi connectivity index (χ1n) is 16.2. The van der Waals surface area contributed by atoms with E-state index in [1.807, 2.05) is 0 Å². The minimum atomic E-state index is -4.59. The lowest BCUT2D eigenvalue weighted by molar-refractivity contribution is -0.193. The number of rotatable bonds is 11. The van der Waals surface area contributed by atoms with Crippen molar-refractivity contribution < 1.29 is 53.8 Å². The van der Waals surface area contributed by atoms with Crippen LogP contribution in [0.3, 0.4) is 0 Å². The monoisotopic (exact) mass is 720 g/mol. The maximum atomic E-state index is 14.6. The van der Waals surface area contributed by atoms with Crippen molar-refractivity contribution in [2.75, 3.05) is 32.9 Å². The Morgan fingerprint density at radius 1 is 1.20 bits per heavy atom. The first-order chi connectivity index (χ1) is 23.0. The largest absolute Gasteiger partial charge is 0.435 e. The van der Waals surface area contributed by atoms with E-state index in [-0.39, 0.29) is 74.4 Å². The van der Waals surface area contributed by atoms with E-state index in [0.717, 1.165) is 22.5 Å². The molecule has 3 aliphatic rings. The predicted octanol–water partition coefficient (Wildman–Crippen LogP) is 6.23. The lowest BCUT2D eigenvalue weighted by Gasteiger charge is -2.42. The molecule has 15 heteroatoms. The summed E-state index contributed by atoms with van der Waals surface area (Å²) in [6.07, 6.45) is 3.97. The number of alkyl halides is 5. The molecule has 49 heavy (non-hydrogen) atoms. The highest BCUT2D eigenvalue weighted by molar-refractivity contribution is 7.89. The van der Waals surface area contributed by atoms with Crippen molar-refractivity contribution in [3.8, 4) is 18.1 Å². The molecule has 2 saturated heterocycles. The number of nitrogens with zero attached hydrogens (tertiary/aromatic N) is 1. The number of terminal acetylenes is 1. The van der Waals surface area contributed by atoms with Crippen LogP contribution in [0, 0.1) is 30.0 Å². The van der Waals surface area contributed by atoms with Gasteiger partial charge in [0, 0.05) is 36.9 Å². The molecule has 0 bridgehead atoms. The van der Waals surface area contributed by atoms with E-state index in [4.69, 9.17) is 15.9 Å². The molecule has 2 heterocycles. The molecule has 0 amide bonds. The van der Waals surface area contributed by atoms with Crippen LogP contribution in [0.5, 0.6) is 5.75 Å². The van der Waals surface area contributed by atoms with Gasteiger partial charge in [0.2, 0.25) is 10.0 Å². The number of nitrogens with one attached hydrogen (secondary N) is 1. The van der Waals surface area contributed by atoms with Crippen molar-refractivity contribution >= 4 is 21.4 Å². The second-order valence-corrected chi connectivity index (χ2v) is 15.0. The summed E-state index contributed by atoms with van der Waals surface area (Å²) >= 11 is 0. The molecular formula is C34H42F6N2O6S. The van der Waals surface area contributed by atoms with Crippen LogP contribution in [0.15, 0.2) is 36.0 Å². The van der Waals surface area contributed by atoms with Crippen LogP contribution in [-0.2, 0) is 24.3 Å². The highest BCUT2D eigenvalue weighted by atomic mass is 32.2. The molecule has 0 spiro atoms. The Labute approximate surface area is 283 Å². The number of ether oxygens (including phenoxy) is 3. The zero-order valence-corrected chi connectivity index (χ0v) is 28.2. The summed E-state index contributed by atoms with van der Waals surface area (Å²) in [5.41, 5.74) is -0.403. The lowest BCUT2D eigenvalue weighted by atomic mass is 9.79. The third kappa shape index (κ3) is 10.0. The molecule has 0 aromatic heterocycles. The topological polar surface area (TPSA) is 94.2 Å². The van der Waals surface area contributed by atoms with Crippen molar-refractivity contribution in [2.45, 2.75) is 88.5 Å². The van der Waals surface area contributed by atoms with Crippen LogP contribution in [0.4, 0.5) is 26.3 Å². The average Bonchev–Trinajstić information content (AvgIpc) is 3.21. The van der Waals surface area contributed by atoms with Gasteiger partial charge in [0.25, 0.3) is 0 Å². The summed E-state index contributed by atoms with van der Waals surface area (Å²) in [5.74, 6) is -2.27. The van der Waals surface area contributed by atoms with Crippen LogP contribution < -0.4 is 10.1 Å². The Kier molecular flexibility index (Phi) is 12.9. The van der Waals surface area contributed by atoms with Crippen molar-refractivity contribution in [3.05, 3.63) is 47.4 Å². The number of benzene rings is 1. The summed E-state index contributed by atoms with van der Waals surface area (Å²) in [6, 6.07) is 2.89. The van der Waals surface area contributed by atoms with Crippen LogP contribution in [0.1, 0.15) is 64.4 Å². The second kappa shape index (κ2) is 16.3. The smallest absolute Gasteiger partial charge is 0.392 e. The van der Waals surface area contributed by atoms with Gasteiger partial charge in [-0.1, -0.05) is 19.3 Å². The van der Waals surface area contributed by atoms with Gasteiger partial charge >= 0.3 is 12.8 Å². The van der Waals surface area contributed by atoms with Gasteiger partial charge in [-0.3, -0.25) is 9.10 Å². The summed E-state index contributed by atoms with van der Waals surface area (Å²) in [4.78, 5) is 11.9. The summed E-state index contributed by atoms with van der Waals surface area (Å²) in [5, 5.41) is 1.93. The van der Waals surface area contributed by atoms with Crippen LogP contribution >= 0.6 is 0 Å². The van der Waals surface area contributed by atoms with Gasteiger partial charge in [-0.2, -0.15) is 22.0 Å². The number of carbonyl (C=O) groups excluding carboxylic acids is 1. The molecule has 1 N–H and O–H groups in total. The van der Waals surface area contributed by atoms with Crippen LogP contribution in [-0.4, -0.2) is 81.1 Å². The number of hydrogen-bond acceptors (Lipinski definition) is 7. The molecule has 1 aromatic rings. The molecule has 0 radical (unpaired) electrons. The van der Waals surface area contributed by atoms with Crippen molar-refractivity contribution in [2.24, 2.45) is 11.8 Å². The number of halogens is 6. The molecule has 4 rings (SSSR count). The number of Topliss-reactive ketones (excluding diaryl/α,β-unsaturated/α-hetero) is 1. The molecule has 3 fully saturated rings. The van der Waals surface area contributed by atoms with E-state index in [0.29, 0.717) is 26.1 Å². The fraction of sp³-hybridized carbons (Fsp3) is 0.618. The Bertz CT molecular complexity index is 1530. The standard InChI is InChI=1S/C34H42F6N2O6S/c1-4-6-24(25-15-26(35)18-28(17-25)48-32(36)37)16-27-9-12-47-29(19-33(41-20-22(2)43)10-13-46-14-11-33)21-42(27)49(44,45)31-8-5-7-30(23(31)3)34(38,39)40/h1,6,15-18,23,29-32,41H,5,7-14,19-21H2,2-3H3/b24-6+,27-16+/t23?,29-,30?,31?/m0/s1. The quantitative estimate of drug-likeness (QED) is 0.214. The molecule has 8 nitrogen and oxygen atoms in total. The van der Waals surface area contributed by atoms with Gasteiger partial charge in [0.05, 0.1) is 37.0 Å². The molecule has 1 aliphatic carbocycles. The Morgan fingerprint density at radius 3 is 2.55 bits per heavy atom. The maximum Gasteiger partial charge on any atom is 0.392 e. The van der Waals surface area contributed by atoms with Gasteiger partial charge in [-0.15, -0.1) is 6.42 Å². The van der Waals surface area contributed by atoms with Gasteiger partial charge in [-0.25, -0.2) is 12.8 Å². The van der Waals surface area contributed by atoms with Crippen LogP contribution in [0.2, 0.25) is 0 Å². The van der Waals surface area contributed by atoms with Gasteiger partial charge in [0.1, 0.15) is 17.3 Å². The van der Waals surface area contributed by atoms with Crippen molar-refractivity contribution in [1.82, 2.24) is 9.62 Å². The van der Waals surface area contributed by atoms with E-state index in [9.17, 15) is 39.6 Å². The molecule has 3 unspecified atom stereocenters. The minimum Gasteiger partial charge on any atom is -0.435 e. The third-order valence-corrected chi connectivity index (χ3v) is 11.9. The van der Waals surface area contributed by atoms with Crippen LogP contribution in [0.25, 0.3) is 5.57 Å². The normalized spacial score (nSPS) is 26.3. The summed E-state index contributed by atoms with van der Waals surface area (Å²) in [7, 11) is -4.49. The van der Waals surface area contributed by atoms with E-state index >= 15 is 0 Å². The zero-order valence-electron chi connectivity index (χ0n) is 27.4. The first kappa shape index (κ1) is 38.7. The molecule has 4 atom stereocenters. The molecular weight excluding hydrogens is 678 g/mol. The molecule has 2 aliphatic heterocycles. The Hall–Kier alpha value is -3.06. The first-order valence-corrected chi connectivity index (χ1v) is 17.7. The fourth-order valence-corrected chi connectivity index (χ4v) is 9.42. The van der Waals surface area contributed by atoms with E-state index < -0.39 is 63.1 Å². The molecule has 272 valence electrons. The number of carbonyl (C=O) groups is 1. The number of ketones is 1. The lowest BCUT2D eigenvalue weighted by Crippen LogP contribution is -2.54. The number of sulfonamides is 1. The third-order valence-electron chi connectivity index (χ3n) is 9.51. The Morgan fingerprint density at radius 2 is 1.92 bits per heavy atom. The SMILES string of the molecule is C#C/C=C(\C=C1/CCO[C@@H](CC2(NCC(C)=O)CCOCC2)CN1S(=O)(=O)C1CCCC(C(F)(F)F)C1C)c1cc(F)cc(OC(F)F)c1. The van der Waals surface area contributed by atoms with Gasteiger partial charge in [0.15, 0.2) is 0 Å². The summed E-state index contributed by atoms with van der Waals surface area (Å²) < 4.78 is 129. The maximum absolute atomic E-state index is 14.6. The van der Waals surface area contributed by atoms with Gasteiger partial charge in [-0.05, 0) is 80.4 Å². The fourth-order valence-electron chi connectivity index (χ4n) is 7.05. The molecule has 1 saturated carbocycles. The predicted molar refractivity (Wildman–Crippen MR) is 170 cm³/mol. The van der Waals surface area contributed by atoms with E-state index in [1.165, 1.54) is 26.0 Å². The molecule has 1 aromatic carbocycles. The minimum absolute atomic E-state index is 0.0120. The second-order valence-electron chi connectivity index (χ2n) is 12.9. The highest BCUT2D eigenvalue weighted by Gasteiger charge is 2.52. The van der Waals surface area contributed by atoms with Crippen molar-refractivity contribution in [3.63, 3.8) is 0 Å². The van der Waals surface area contributed by atoms with Crippen molar-refractivity contribution in [1.29, 1.82) is 0 Å². The zero-order chi connectivity index (χ0) is 36.0. The van der Waals surface area contributed by atoms with Gasteiger partial charge < -0.3 is 19.5 Å². The number of hydrogen-bond donors (Lipinski definition) is 1. The summed E-state index contributed by atoms with van der Waals surface area (Å²) in [6.45, 7) is 0.121. The average molecular weight is 721 g/mol. The highest BCUT2D eigenvalue weighted by Crippen LogP contribution is 2.45.